The minimum absolute atomic E-state index is 0.179. The summed E-state index contributed by atoms with van der Waals surface area (Å²) in [5.74, 6) is -1.91. The fraction of sp³-hybridized carbons (Fsp3) is 0. The van der Waals surface area contributed by atoms with Crippen LogP contribution in [-0.4, -0.2) is 21.4 Å². The van der Waals surface area contributed by atoms with Gasteiger partial charge < -0.3 is 0 Å². The maximum Gasteiger partial charge on any atom is 0.281 e. The predicted octanol–water partition coefficient (Wildman–Crippen LogP) is 3.59. The van der Waals surface area contributed by atoms with Gasteiger partial charge in [0.2, 0.25) is 5.78 Å². The van der Waals surface area contributed by atoms with Crippen molar-refractivity contribution >= 4 is 46.1 Å². The number of benzene rings is 2. The Hall–Kier alpha value is -2.84. The van der Waals surface area contributed by atoms with Crippen molar-refractivity contribution < 1.29 is 19.4 Å². The van der Waals surface area contributed by atoms with Crippen molar-refractivity contribution in [1.82, 2.24) is 0 Å². The third-order valence-electron chi connectivity index (χ3n) is 3.57. The summed E-state index contributed by atoms with van der Waals surface area (Å²) in [6.07, 6.45) is 0. The largest absolute Gasteiger partial charge is 0.288 e. The zero-order valence-corrected chi connectivity index (χ0v) is 12.9. The van der Waals surface area contributed by atoms with E-state index in [0.29, 0.717) is 0 Å². The van der Waals surface area contributed by atoms with Crippen LogP contribution in [0.2, 0.25) is 10.0 Å². The van der Waals surface area contributed by atoms with Gasteiger partial charge in [-0.15, -0.1) is 0 Å². The van der Waals surface area contributed by atoms with E-state index in [1.807, 2.05) is 0 Å². The van der Waals surface area contributed by atoms with Crippen LogP contribution in [0.15, 0.2) is 24.3 Å². The van der Waals surface area contributed by atoms with Gasteiger partial charge in [-0.1, -0.05) is 23.2 Å². The van der Waals surface area contributed by atoms with Crippen LogP contribution >= 0.6 is 23.2 Å². The zero-order valence-electron chi connectivity index (χ0n) is 11.4. The molecule has 1 aliphatic rings. The van der Waals surface area contributed by atoms with Crippen LogP contribution in [0.4, 0.5) is 11.4 Å². The number of nitrogens with zero attached hydrogens (tertiary/aromatic N) is 2. The van der Waals surface area contributed by atoms with Crippen molar-refractivity contribution in [2.24, 2.45) is 0 Å². The van der Waals surface area contributed by atoms with Crippen molar-refractivity contribution in [3.8, 4) is 0 Å². The number of fused-ring (bicyclic) bond motifs is 2. The van der Waals surface area contributed by atoms with E-state index in [1.165, 1.54) is 0 Å². The number of halogens is 2. The lowest BCUT2D eigenvalue weighted by Crippen LogP contribution is -2.24. The summed E-state index contributed by atoms with van der Waals surface area (Å²) in [6, 6.07) is 4.15. The van der Waals surface area contributed by atoms with Crippen LogP contribution in [0.5, 0.6) is 0 Å². The fourth-order valence-electron chi connectivity index (χ4n) is 2.59. The molecule has 0 radical (unpaired) electrons. The van der Waals surface area contributed by atoms with Gasteiger partial charge in [0.1, 0.15) is 11.1 Å². The predicted molar refractivity (Wildman–Crippen MR) is 83.1 cm³/mol. The first-order valence-electron chi connectivity index (χ1n) is 6.29. The number of rotatable bonds is 2. The van der Waals surface area contributed by atoms with Gasteiger partial charge in [0.25, 0.3) is 11.4 Å². The Morgan fingerprint density at radius 1 is 0.667 bits per heavy atom. The third-order valence-corrected chi connectivity index (χ3v) is 4.20. The topological polar surface area (TPSA) is 120 Å². The highest BCUT2D eigenvalue weighted by Gasteiger charge is 2.42. The fourth-order valence-corrected chi connectivity index (χ4v) is 3.08. The molecule has 2 aromatic carbocycles. The highest BCUT2D eigenvalue weighted by atomic mass is 35.5. The average Bonchev–Trinajstić information content (AvgIpc) is 2.51. The molecule has 0 amide bonds. The van der Waals surface area contributed by atoms with Gasteiger partial charge in [0.15, 0.2) is 5.78 Å². The molecule has 0 saturated carbocycles. The number of ketones is 2. The zero-order chi connectivity index (χ0) is 17.8. The summed E-state index contributed by atoms with van der Waals surface area (Å²) in [7, 11) is 0. The Bertz CT molecular complexity index is 910. The van der Waals surface area contributed by atoms with Gasteiger partial charge >= 0.3 is 0 Å². The van der Waals surface area contributed by atoms with Gasteiger partial charge in [-0.2, -0.15) is 0 Å². The molecule has 0 aromatic heterocycles. The normalized spacial score (nSPS) is 12.6. The first-order chi connectivity index (χ1) is 11.3. The molecule has 8 nitrogen and oxygen atoms in total. The van der Waals surface area contributed by atoms with Gasteiger partial charge in [-0.3, -0.25) is 29.8 Å². The smallest absolute Gasteiger partial charge is 0.281 e. The van der Waals surface area contributed by atoms with E-state index >= 15 is 0 Å². The van der Waals surface area contributed by atoms with Gasteiger partial charge in [-0.05, 0) is 12.1 Å². The van der Waals surface area contributed by atoms with E-state index in [9.17, 15) is 29.8 Å². The lowest BCUT2D eigenvalue weighted by atomic mass is 9.82. The Morgan fingerprint density at radius 3 is 1.33 bits per heavy atom. The number of nitro groups is 2. The van der Waals surface area contributed by atoms with E-state index in [-0.39, 0.29) is 21.2 Å². The first-order valence-corrected chi connectivity index (χ1v) is 7.04. The molecule has 0 saturated heterocycles. The van der Waals surface area contributed by atoms with E-state index < -0.39 is 43.9 Å². The van der Waals surface area contributed by atoms with Gasteiger partial charge in [0.05, 0.1) is 31.0 Å². The molecule has 0 unspecified atom stereocenters. The van der Waals surface area contributed by atoms with Crippen LogP contribution in [0.3, 0.4) is 0 Å². The maximum atomic E-state index is 12.7. The molecule has 1 aliphatic carbocycles. The van der Waals surface area contributed by atoms with E-state index in [1.54, 1.807) is 0 Å². The van der Waals surface area contributed by atoms with Crippen molar-refractivity contribution in [2.45, 2.75) is 0 Å². The van der Waals surface area contributed by atoms with Crippen molar-refractivity contribution in [2.75, 3.05) is 0 Å². The van der Waals surface area contributed by atoms with Crippen LogP contribution in [-0.2, 0) is 0 Å². The number of hydrogen-bond donors (Lipinski definition) is 0. The molecule has 24 heavy (non-hydrogen) atoms. The van der Waals surface area contributed by atoms with E-state index in [2.05, 4.69) is 0 Å². The summed E-state index contributed by atoms with van der Waals surface area (Å²) in [5.41, 5.74) is -3.23. The van der Waals surface area contributed by atoms with Crippen LogP contribution < -0.4 is 0 Å². The highest BCUT2D eigenvalue weighted by molar-refractivity contribution is 6.43. The molecule has 120 valence electrons. The van der Waals surface area contributed by atoms with Gasteiger partial charge in [0, 0.05) is 12.1 Å². The first kappa shape index (κ1) is 16.0. The third kappa shape index (κ3) is 2.08. The van der Waals surface area contributed by atoms with Crippen LogP contribution in [0.1, 0.15) is 31.8 Å². The summed E-state index contributed by atoms with van der Waals surface area (Å²) in [4.78, 5) is 46.0. The molecular weight excluding hydrogens is 363 g/mol. The molecular formula is C14H4Cl2N2O6. The number of nitro benzene ring substituents is 2. The van der Waals surface area contributed by atoms with Crippen molar-refractivity contribution in [1.29, 1.82) is 0 Å². The maximum absolute atomic E-state index is 12.7. The minimum Gasteiger partial charge on any atom is -0.288 e. The Morgan fingerprint density at radius 2 is 1.00 bits per heavy atom. The minimum atomic E-state index is -1.04. The summed E-state index contributed by atoms with van der Waals surface area (Å²) < 4.78 is 0. The molecule has 0 fully saturated rings. The van der Waals surface area contributed by atoms with E-state index in [4.69, 9.17) is 23.2 Å². The average molecular weight is 367 g/mol. The lowest BCUT2D eigenvalue weighted by molar-refractivity contribution is -0.385. The highest BCUT2D eigenvalue weighted by Crippen LogP contribution is 2.42. The molecule has 0 atom stereocenters. The second-order valence-electron chi connectivity index (χ2n) is 4.81. The lowest BCUT2D eigenvalue weighted by Gasteiger charge is -2.19. The molecule has 0 N–H and O–H groups in total. The molecule has 0 spiro atoms. The molecule has 0 bridgehead atoms. The Kier molecular flexibility index (Phi) is 3.58. The number of carbonyl (C=O) groups is 2. The number of hydrogen-bond acceptors (Lipinski definition) is 6. The standard InChI is InChI=1S/C14H4Cl2N2O6/c15-5-1-3-7(17(21)22)11-9(5)13(19)10-6(16)2-4-8(18(23)24)12(10)14(11)20/h1-4H. The molecule has 0 heterocycles. The summed E-state index contributed by atoms with van der Waals surface area (Å²) >= 11 is 11.9. The second kappa shape index (κ2) is 5.36. The molecule has 10 heteroatoms. The Labute approximate surface area is 142 Å². The number of carbonyl (C=O) groups excluding carboxylic acids is 2. The molecule has 2 aromatic rings. The van der Waals surface area contributed by atoms with E-state index in [0.717, 1.165) is 24.3 Å². The SMILES string of the molecule is O=C1c2c(Cl)ccc([N+](=O)[O-])c2C(=O)c2c([N+](=O)[O-])ccc(Cl)c21. The molecule has 3 rings (SSSR count). The van der Waals surface area contributed by atoms with Crippen LogP contribution in [0, 0.1) is 20.2 Å². The second-order valence-corrected chi connectivity index (χ2v) is 5.62. The monoisotopic (exact) mass is 366 g/mol. The van der Waals surface area contributed by atoms with Crippen LogP contribution in [0.25, 0.3) is 0 Å². The quantitative estimate of drug-likeness (QED) is 0.504. The Balaban J connectivity index is 2.48. The summed E-state index contributed by atoms with van der Waals surface area (Å²) in [5, 5.41) is 22.0. The van der Waals surface area contributed by atoms with Gasteiger partial charge in [-0.25, -0.2) is 0 Å². The van der Waals surface area contributed by atoms with Crippen molar-refractivity contribution in [3.05, 3.63) is 76.8 Å². The summed E-state index contributed by atoms with van der Waals surface area (Å²) in [6.45, 7) is 0. The molecule has 0 aliphatic heterocycles. The van der Waals surface area contributed by atoms with Crippen molar-refractivity contribution in [3.63, 3.8) is 0 Å².